The first kappa shape index (κ1) is 25.4. The van der Waals surface area contributed by atoms with Crippen LogP contribution in [0.15, 0.2) is 42.5 Å². The summed E-state index contributed by atoms with van der Waals surface area (Å²) in [6, 6.07) is 15.1. The van der Waals surface area contributed by atoms with Crippen molar-refractivity contribution in [2.45, 2.75) is 39.3 Å². The van der Waals surface area contributed by atoms with Gasteiger partial charge in [-0.25, -0.2) is 4.18 Å². The minimum atomic E-state index is -3.54. The molecule has 0 bridgehead atoms. The second kappa shape index (κ2) is 9.93. The van der Waals surface area contributed by atoms with E-state index < -0.39 is 16.3 Å². The maximum absolute atomic E-state index is 11.8. The van der Waals surface area contributed by atoms with Crippen molar-refractivity contribution in [1.29, 1.82) is 0 Å². The molecule has 1 fully saturated rings. The van der Waals surface area contributed by atoms with Crippen LogP contribution in [0.3, 0.4) is 0 Å². The number of piperazine rings is 1. The van der Waals surface area contributed by atoms with Gasteiger partial charge in [-0.3, -0.25) is 4.90 Å². The van der Waals surface area contributed by atoms with Gasteiger partial charge in [0.2, 0.25) is 0 Å². The number of hydrogen-bond acceptors (Lipinski definition) is 8. The average Bonchev–Trinajstić information content (AvgIpc) is 3.25. The van der Waals surface area contributed by atoms with E-state index in [0.29, 0.717) is 0 Å². The van der Waals surface area contributed by atoms with E-state index in [1.54, 1.807) is 11.5 Å². The van der Waals surface area contributed by atoms with Crippen LogP contribution in [0.5, 0.6) is 0 Å². The van der Waals surface area contributed by atoms with E-state index in [-0.39, 0.29) is 5.41 Å². The third-order valence-electron chi connectivity index (χ3n) is 7.43. The lowest BCUT2D eigenvalue weighted by atomic mass is 9.79. The van der Waals surface area contributed by atoms with E-state index in [9.17, 15) is 8.42 Å². The van der Waals surface area contributed by atoms with Gasteiger partial charge in [-0.2, -0.15) is 12.8 Å². The first-order chi connectivity index (χ1) is 17.1. The molecule has 1 saturated heterocycles. The lowest BCUT2D eigenvalue weighted by Crippen LogP contribution is -2.50. The normalized spacial score (nSPS) is 20.6. The van der Waals surface area contributed by atoms with Crippen LogP contribution >= 0.6 is 11.5 Å². The van der Waals surface area contributed by atoms with Crippen LogP contribution in [0.4, 0.5) is 11.5 Å². The molecule has 0 aliphatic carbocycles. The van der Waals surface area contributed by atoms with E-state index in [1.165, 1.54) is 21.2 Å². The third kappa shape index (κ3) is 5.39. The number of nitrogens with zero attached hydrogens (tertiary/aromatic N) is 4. The molecule has 1 aromatic heterocycles. The summed E-state index contributed by atoms with van der Waals surface area (Å²) in [5.74, 6) is 1.14. The Kier molecular flexibility index (Phi) is 7.02. The number of aryl methyl sites for hydroxylation is 1. The Hall–Kier alpha value is -2.20. The lowest BCUT2D eigenvalue weighted by Gasteiger charge is -2.45. The van der Waals surface area contributed by atoms with Gasteiger partial charge in [0.05, 0.1) is 11.0 Å². The van der Waals surface area contributed by atoms with Gasteiger partial charge in [0.1, 0.15) is 5.82 Å². The zero-order valence-electron chi connectivity index (χ0n) is 21.6. The van der Waals surface area contributed by atoms with Crippen LogP contribution in [0.25, 0.3) is 10.1 Å². The predicted molar refractivity (Wildman–Crippen MR) is 149 cm³/mol. The largest absolute Gasteiger partial charge is 0.353 e. The molecule has 3 heterocycles. The van der Waals surface area contributed by atoms with E-state index in [4.69, 9.17) is 8.56 Å². The maximum atomic E-state index is 11.8. The van der Waals surface area contributed by atoms with Crippen molar-refractivity contribution in [2.75, 3.05) is 55.8 Å². The zero-order chi connectivity index (χ0) is 25.5. The molecule has 0 radical (unpaired) electrons. The molecule has 2 aliphatic heterocycles. The van der Waals surface area contributed by atoms with Crippen molar-refractivity contribution in [3.05, 3.63) is 53.6 Å². The number of aromatic nitrogens is 1. The van der Waals surface area contributed by atoms with E-state index >= 15 is 0 Å². The standard InChI is InChI=1S/C27H36N4O3S2/c1-27(2)19-21-18-20(11-12-23(21)29(3)26(27)34-36(4,32)33)8-7-13-30-14-16-31(17-15-30)25-22-9-5-6-10-24(22)35-28-25/h5-6,9-12,18,26H,7-8,13-17,19H2,1-4H3. The van der Waals surface area contributed by atoms with Gasteiger partial charge in [0.25, 0.3) is 10.1 Å². The van der Waals surface area contributed by atoms with Gasteiger partial charge < -0.3 is 9.80 Å². The molecule has 1 atom stereocenters. The highest BCUT2D eigenvalue weighted by Gasteiger charge is 2.41. The summed E-state index contributed by atoms with van der Waals surface area (Å²) in [4.78, 5) is 6.96. The minimum absolute atomic E-state index is 0.314. The first-order valence-electron chi connectivity index (χ1n) is 12.7. The molecular formula is C27H36N4O3S2. The molecular weight excluding hydrogens is 492 g/mol. The molecule has 2 aliphatic rings. The minimum Gasteiger partial charge on any atom is -0.353 e. The predicted octanol–water partition coefficient (Wildman–Crippen LogP) is 4.37. The number of anilines is 2. The summed E-state index contributed by atoms with van der Waals surface area (Å²) in [6.45, 7) is 9.41. The monoisotopic (exact) mass is 528 g/mol. The van der Waals surface area contributed by atoms with Crippen molar-refractivity contribution in [1.82, 2.24) is 9.27 Å². The molecule has 2 aromatic carbocycles. The topological polar surface area (TPSA) is 66.0 Å². The molecule has 0 N–H and O–H groups in total. The average molecular weight is 529 g/mol. The van der Waals surface area contributed by atoms with Gasteiger partial charge >= 0.3 is 0 Å². The Balaban J connectivity index is 1.15. The van der Waals surface area contributed by atoms with E-state index in [0.717, 1.165) is 69.7 Å². The molecule has 0 spiro atoms. The molecule has 9 heteroatoms. The SMILES string of the molecule is CN1c2ccc(CCCN3CCN(c4nsc5ccccc45)CC3)cc2CC(C)(C)C1OS(C)(=O)=O. The number of hydrogen-bond donors (Lipinski definition) is 0. The molecule has 1 unspecified atom stereocenters. The smallest absolute Gasteiger partial charge is 0.266 e. The van der Waals surface area contributed by atoms with Crippen molar-refractivity contribution in [3.8, 4) is 0 Å². The number of fused-ring (bicyclic) bond motifs is 2. The molecule has 0 saturated carbocycles. The van der Waals surface area contributed by atoms with Gasteiger partial charge in [0.15, 0.2) is 6.23 Å². The molecule has 0 amide bonds. The maximum Gasteiger partial charge on any atom is 0.266 e. The zero-order valence-corrected chi connectivity index (χ0v) is 23.2. The summed E-state index contributed by atoms with van der Waals surface area (Å²) in [5, 5.41) is 1.27. The molecule has 194 valence electrons. The second-order valence-electron chi connectivity index (χ2n) is 10.8. The van der Waals surface area contributed by atoms with Crippen molar-refractivity contribution >= 4 is 43.2 Å². The Morgan fingerprint density at radius 1 is 1.11 bits per heavy atom. The number of benzene rings is 2. The van der Waals surface area contributed by atoms with Crippen LogP contribution in [-0.4, -0.2) is 69.9 Å². The van der Waals surface area contributed by atoms with Gasteiger partial charge in [0, 0.05) is 49.7 Å². The Morgan fingerprint density at radius 2 is 1.86 bits per heavy atom. The first-order valence-corrected chi connectivity index (χ1v) is 15.2. The summed E-state index contributed by atoms with van der Waals surface area (Å²) >= 11 is 1.59. The van der Waals surface area contributed by atoms with Gasteiger partial charge in [-0.1, -0.05) is 38.1 Å². The fourth-order valence-corrected chi connectivity index (χ4v) is 7.18. The Bertz CT molecular complexity index is 1330. The number of rotatable bonds is 7. The van der Waals surface area contributed by atoms with Crippen LogP contribution in [0.2, 0.25) is 0 Å². The van der Waals surface area contributed by atoms with Crippen molar-refractivity contribution in [2.24, 2.45) is 5.41 Å². The fraction of sp³-hybridized carbons (Fsp3) is 0.519. The highest BCUT2D eigenvalue weighted by atomic mass is 32.2. The summed E-state index contributed by atoms with van der Waals surface area (Å²) < 4.78 is 35.1. The quantitative estimate of drug-likeness (QED) is 0.422. The fourth-order valence-electron chi connectivity index (χ4n) is 5.66. The van der Waals surface area contributed by atoms with E-state index in [1.807, 2.05) is 11.9 Å². The Labute approximate surface area is 218 Å². The highest BCUT2D eigenvalue weighted by molar-refractivity contribution is 7.86. The van der Waals surface area contributed by atoms with Gasteiger partial charge in [-0.05, 0) is 66.7 Å². The third-order valence-corrected chi connectivity index (χ3v) is 8.78. The van der Waals surface area contributed by atoms with Crippen LogP contribution in [0.1, 0.15) is 31.4 Å². The summed E-state index contributed by atoms with van der Waals surface area (Å²) in [7, 11) is -1.62. The highest BCUT2D eigenvalue weighted by Crippen LogP contribution is 2.41. The summed E-state index contributed by atoms with van der Waals surface area (Å²) in [6.07, 6.45) is 3.56. The molecule has 36 heavy (non-hydrogen) atoms. The lowest BCUT2D eigenvalue weighted by molar-refractivity contribution is 0.0736. The molecule has 3 aromatic rings. The van der Waals surface area contributed by atoms with Crippen LogP contribution in [0, 0.1) is 5.41 Å². The van der Waals surface area contributed by atoms with Crippen molar-refractivity contribution in [3.63, 3.8) is 0 Å². The molecule has 7 nitrogen and oxygen atoms in total. The van der Waals surface area contributed by atoms with Crippen LogP contribution < -0.4 is 9.80 Å². The molecule has 5 rings (SSSR count). The second-order valence-corrected chi connectivity index (χ2v) is 13.2. The summed E-state index contributed by atoms with van der Waals surface area (Å²) in [5.41, 5.74) is 3.34. The van der Waals surface area contributed by atoms with Gasteiger partial charge in [-0.15, -0.1) is 0 Å². The van der Waals surface area contributed by atoms with Crippen molar-refractivity contribution < 1.29 is 12.6 Å². The van der Waals surface area contributed by atoms with E-state index in [2.05, 4.69) is 66.1 Å². The van der Waals surface area contributed by atoms with Crippen LogP contribution in [-0.2, 0) is 27.1 Å². The Morgan fingerprint density at radius 3 is 2.61 bits per heavy atom.